The first kappa shape index (κ1) is 28.7. The number of imidazole rings is 1. The zero-order chi connectivity index (χ0) is 29.2. The molecule has 1 saturated heterocycles. The van der Waals surface area contributed by atoms with Gasteiger partial charge in [-0.1, -0.05) is 38.2 Å². The maximum atomic E-state index is 6.48. The zero-order valence-corrected chi connectivity index (χ0v) is 25.7. The second kappa shape index (κ2) is 12.9. The molecule has 1 aromatic carbocycles. The van der Waals surface area contributed by atoms with Crippen LogP contribution in [0.15, 0.2) is 24.5 Å². The average Bonchev–Trinajstić information content (AvgIpc) is 3.64. The van der Waals surface area contributed by atoms with Gasteiger partial charge in [-0.2, -0.15) is 5.10 Å². The van der Waals surface area contributed by atoms with Gasteiger partial charge in [-0.05, 0) is 50.2 Å². The van der Waals surface area contributed by atoms with E-state index >= 15 is 0 Å². The molecule has 3 aromatic heterocycles. The molecule has 3 fully saturated rings. The number of hydrogen-bond acceptors (Lipinski definition) is 8. The maximum Gasteiger partial charge on any atom is 0.164 e. The Balaban J connectivity index is 1.06. The van der Waals surface area contributed by atoms with Crippen molar-refractivity contribution in [2.75, 3.05) is 52.2 Å². The van der Waals surface area contributed by atoms with Crippen molar-refractivity contribution < 1.29 is 4.74 Å². The number of aromatic nitrogens is 6. The number of nitrogens with zero attached hydrogens (tertiary/aromatic N) is 7. The summed E-state index contributed by atoms with van der Waals surface area (Å²) in [4.78, 5) is 22.9. The van der Waals surface area contributed by atoms with Gasteiger partial charge in [0.1, 0.15) is 23.7 Å². The van der Waals surface area contributed by atoms with Crippen LogP contribution in [0.1, 0.15) is 76.1 Å². The maximum absolute atomic E-state index is 6.48. The minimum absolute atomic E-state index is 0.315. The predicted molar refractivity (Wildman–Crippen MR) is 171 cm³/mol. The number of nitrogens with two attached hydrogens (primary N) is 1. The largest absolute Gasteiger partial charge is 0.385 e. The lowest BCUT2D eigenvalue weighted by molar-refractivity contribution is 0.0662. The van der Waals surface area contributed by atoms with E-state index in [-0.39, 0.29) is 0 Å². The topological polar surface area (TPSA) is 114 Å². The molecule has 4 aromatic rings. The van der Waals surface area contributed by atoms with Gasteiger partial charge in [0.25, 0.3) is 0 Å². The summed E-state index contributed by atoms with van der Waals surface area (Å²) in [6.07, 6.45) is 15.0. The monoisotopic (exact) mass is 585 g/mol. The fourth-order valence-corrected chi connectivity index (χ4v) is 7.88. The summed E-state index contributed by atoms with van der Waals surface area (Å²) in [6, 6.07) is 7.38. The number of nitrogens with one attached hydrogen (secondary N) is 1. The molecule has 4 heterocycles. The molecule has 0 amide bonds. The number of piperazine rings is 1. The van der Waals surface area contributed by atoms with E-state index < -0.39 is 0 Å². The van der Waals surface area contributed by atoms with E-state index in [2.05, 4.69) is 42.6 Å². The van der Waals surface area contributed by atoms with Crippen LogP contribution in [0.25, 0.3) is 33.3 Å². The van der Waals surface area contributed by atoms with E-state index in [1.807, 2.05) is 0 Å². The third-order valence-electron chi connectivity index (χ3n) is 10.3. The number of methoxy groups -OCH3 is 1. The quantitative estimate of drug-likeness (QED) is 0.257. The molecule has 43 heavy (non-hydrogen) atoms. The molecule has 3 N–H and O–H groups in total. The van der Waals surface area contributed by atoms with E-state index in [4.69, 9.17) is 25.5 Å². The van der Waals surface area contributed by atoms with Gasteiger partial charge in [-0.3, -0.25) is 4.90 Å². The minimum Gasteiger partial charge on any atom is -0.385 e. The van der Waals surface area contributed by atoms with Crippen molar-refractivity contribution in [2.45, 2.75) is 82.7 Å². The molecule has 2 saturated carbocycles. The Morgan fingerprint density at radius 1 is 0.953 bits per heavy atom. The highest BCUT2D eigenvalue weighted by Gasteiger charge is 2.31. The average molecular weight is 586 g/mol. The Kier molecular flexibility index (Phi) is 8.59. The number of aromatic amines is 1. The highest BCUT2D eigenvalue weighted by atomic mass is 16.5. The van der Waals surface area contributed by atoms with E-state index in [1.165, 1.54) is 58.0 Å². The van der Waals surface area contributed by atoms with Crippen molar-refractivity contribution in [2.24, 2.45) is 5.92 Å². The molecule has 10 nitrogen and oxygen atoms in total. The van der Waals surface area contributed by atoms with E-state index in [0.717, 1.165) is 97.0 Å². The summed E-state index contributed by atoms with van der Waals surface area (Å²) in [7, 11) is 1.79. The Labute approximate surface area is 254 Å². The van der Waals surface area contributed by atoms with Gasteiger partial charge >= 0.3 is 0 Å². The number of fused-ring (bicyclic) bond motifs is 2. The van der Waals surface area contributed by atoms with Crippen molar-refractivity contribution in [3.63, 3.8) is 0 Å². The van der Waals surface area contributed by atoms with Crippen molar-refractivity contribution in [1.29, 1.82) is 0 Å². The Morgan fingerprint density at radius 2 is 1.74 bits per heavy atom. The SMILES string of the molecule is COCCCN1CCN([C@H]2CC[C@H](n3nc(-c4ccc5nc(CC6CCCCC6)[nH]c5c4)c4c(N)ncnc43)CC2)CC1. The van der Waals surface area contributed by atoms with E-state index in [9.17, 15) is 0 Å². The number of anilines is 1. The van der Waals surface area contributed by atoms with Crippen molar-refractivity contribution in [3.05, 3.63) is 30.4 Å². The molecule has 3 aliphatic rings. The number of rotatable bonds is 9. The molecule has 2 aliphatic carbocycles. The van der Waals surface area contributed by atoms with Gasteiger partial charge in [0.2, 0.25) is 0 Å². The first-order valence-electron chi connectivity index (χ1n) is 16.6. The zero-order valence-electron chi connectivity index (χ0n) is 25.7. The lowest BCUT2D eigenvalue weighted by Gasteiger charge is -2.42. The van der Waals surface area contributed by atoms with Gasteiger partial charge < -0.3 is 20.4 Å². The minimum atomic E-state index is 0.315. The number of ether oxygens (including phenoxy) is 1. The van der Waals surface area contributed by atoms with Crippen LogP contribution < -0.4 is 5.73 Å². The molecular formula is C33H47N9O. The van der Waals surface area contributed by atoms with Crippen LogP contribution in [0.2, 0.25) is 0 Å². The second-order valence-electron chi connectivity index (χ2n) is 13.1. The molecular weight excluding hydrogens is 538 g/mol. The molecule has 0 unspecified atom stereocenters. The summed E-state index contributed by atoms with van der Waals surface area (Å²) in [5, 5.41) is 6.06. The van der Waals surface area contributed by atoms with Crippen LogP contribution >= 0.6 is 0 Å². The van der Waals surface area contributed by atoms with Crippen LogP contribution in [0.5, 0.6) is 0 Å². The Morgan fingerprint density at radius 3 is 2.53 bits per heavy atom. The predicted octanol–water partition coefficient (Wildman–Crippen LogP) is 5.21. The van der Waals surface area contributed by atoms with Crippen molar-refractivity contribution >= 4 is 27.9 Å². The van der Waals surface area contributed by atoms with Gasteiger partial charge in [0.05, 0.1) is 22.5 Å². The molecule has 0 spiro atoms. The van der Waals surface area contributed by atoms with Crippen molar-refractivity contribution in [1.82, 2.24) is 39.5 Å². The number of hydrogen-bond donors (Lipinski definition) is 2. The molecule has 0 radical (unpaired) electrons. The van der Waals surface area contributed by atoms with Crippen LogP contribution in [0, 0.1) is 5.92 Å². The smallest absolute Gasteiger partial charge is 0.164 e. The first-order chi connectivity index (χ1) is 21.2. The lowest BCUT2D eigenvalue weighted by Crippen LogP contribution is -2.51. The fourth-order valence-electron chi connectivity index (χ4n) is 7.88. The van der Waals surface area contributed by atoms with E-state index in [0.29, 0.717) is 17.9 Å². The first-order valence-corrected chi connectivity index (χ1v) is 16.6. The van der Waals surface area contributed by atoms with Crippen molar-refractivity contribution in [3.8, 4) is 11.3 Å². The summed E-state index contributed by atoms with van der Waals surface area (Å²) >= 11 is 0. The number of benzene rings is 1. The van der Waals surface area contributed by atoms with Gasteiger partial charge in [0.15, 0.2) is 5.65 Å². The second-order valence-corrected chi connectivity index (χ2v) is 13.1. The third-order valence-corrected chi connectivity index (χ3v) is 10.3. The molecule has 0 bridgehead atoms. The molecule has 0 atom stereocenters. The lowest BCUT2D eigenvalue weighted by atomic mass is 9.87. The molecule has 7 rings (SSSR count). The summed E-state index contributed by atoms with van der Waals surface area (Å²) < 4.78 is 7.38. The fraction of sp³-hybridized carbons (Fsp3) is 0.636. The standard InChI is InChI=1S/C33H47N9O/c1-43-19-5-14-40-15-17-41(18-16-40)25-9-11-26(12-10-25)42-33-30(32(34)35-22-36-33)31(39-42)24-8-13-27-28(21-24)38-29(37-27)20-23-6-3-2-4-7-23/h8,13,21-23,25-26H,2-7,9-12,14-20H2,1H3,(H,37,38)(H2,34,35,36)/t25-,26-. The van der Waals surface area contributed by atoms with Crippen LogP contribution in [0.3, 0.4) is 0 Å². The van der Waals surface area contributed by atoms with Gasteiger partial charge in [-0.25, -0.2) is 19.6 Å². The summed E-state index contributed by atoms with van der Waals surface area (Å²) in [5.41, 5.74) is 11.3. The summed E-state index contributed by atoms with van der Waals surface area (Å²) in [5.74, 6) is 2.34. The normalized spacial score (nSPS) is 23.0. The molecule has 230 valence electrons. The van der Waals surface area contributed by atoms with Crippen LogP contribution in [-0.2, 0) is 11.2 Å². The number of nitrogen functional groups attached to an aromatic ring is 1. The Hall–Kier alpha value is -3.08. The Bertz CT molecular complexity index is 1510. The molecule has 1 aliphatic heterocycles. The number of H-pyrrole nitrogens is 1. The van der Waals surface area contributed by atoms with E-state index in [1.54, 1.807) is 13.4 Å². The van der Waals surface area contributed by atoms with Crippen LogP contribution in [-0.4, -0.2) is 92.0 Å². The third kappa shape index (κ3) is 6.14. The molecule has 10 heteroatoms. The highest BCUT2D eigenvalue weighted by Crippen LogP contribution is 2.38. The van der Waals surface area contributed by atoms with Gasteiger partial charge in [0, 0.05) is 64.5 Å². The van der Waals surface area contributed by atoms with Crippen LogP contribution in [0.4, 0.5) is 5.82 Å². The summed E-state index contributed by atoms with van der Waals surface area (Å²) in [6.45, 7) is 6.65. The van der Waals surface area contributed by atoms with Gasteiger partial charge in [-0.15, -0.1) is 0 Å². The highest BCUT2D eigenvalue weighted by molar-refractivity contribution is 5.99.